The quantitative estimate of drug-likeness (QED) is 0.580. The number of thiol groups is 1. The van der Waals surface area contributed by atoms with Crippen LogP contribution in [0.15, 0.2) is 0 Å². The number of hydrogen-bond donors (Lipinski definition) is 1. The summed E-state index contributed by atoms with van der Waals surface area (Å²) < 4.78 is 7.53. The van der Waals surface area contributed by atoms with Crippen molar-refractivity contribution in [2.75, 3.05) is 26.3 Å². The van der Waals surface area contributed by atoms with Crippen molar-refractivity contribution in [2.24, 2.45) is 5.41 Å². The zero-order chi connectivity index (χ0) is 8.44. The molecule has 0 unspecified atom stereocenters. The molecule has 0 N–H and O–H groups in total. The van der Waals surface area contributed by atoms with Crippen LogP contribution in [-0.4, -0.2) is 30.6 Å². The smallest absolute Gasteiger partial charge is 0.0471 e. The van der Waals surface area contributed by atoms with E-state index in [1.54, 1.807) is 0 Å². The van der Waals surface area contributed by atoms with Crippen LogP contribution in [0.4, 0.5) is 0 Å². The van der Waals surface area contributed by atoms with Crippen LogP contribution in [0.3, 0.4) is 0 Å². The molecule has 0 aromatic carbocycles. The second kappa shape index (κ2) is 3.56. The summed E-state index contributed by atoms with van der Waals surface area (Å²) in [6, 6.07) is 0. The molecular weight excluding hydrogens is 170 g/mol. The van der Waals surface area contributed by atoms with E-state index in [1.807, 2.05) is 0 Å². The Hall–Kier alpha value is 0.270. The highest BCUT2D eigenvalue weighted by molar-refractivity contribution is 7.77. The number of piperidine rings is 1. The molecule has 0 saturated carbocycles. The Kier molecular flexibility index (Phi) is 2.63. The molecule has 2 aliphatic rings. The van der Waals surface area contributed by atoms with Crippen LogP contribution in [0.2, 0.25) is 0 Å². The van der Waals surface area contributed by atoms with Gasteiger partial charge in [-0.3, -0.25) is 4.31 Å². The maximum Gasteiger partial charge on any atom is 0.0471 e. The zero-order valence-electron chi connectivity index (χ0n) is 7.46. The van der Waals surface area contributed by atoms with Gasteiger partial charge in [0.05, 0.1) is 0 Å². The van der Waals surface area contributed by atoms with Crippen LogP contribution in [0.1, 0.15) is 25.7 Å². The molecule has 2 heterocycles. The van der Waals surface area contributed by atoms with Crippen LogP contribution in [-0.2, 0) is 4.74 Å². The van der Waals surface area contributed by atoms with Crippen molar-refractivity contribution in [1.82, 2.24) is 4.31 Å². The third-order valence-electron chi connectivity index (χ3n) is 3.35. The van der Waals surface area contributed by atoms with E-state index in [4.69, 9.17) is 4.74 Å². The van der Waals surface area contributed by atoms with Gasteiger partial charge in [0.25, 0.3) is 0 Å². The Balaban J connectivity index is 1.92. The maximum atomic E-state index is 5.39. The SMILES string of the molecule is SN1CCC2(CCOCC2)CC1. The molecule has 2 aliphatic heterocycles. The molecule has 0 amide bonds. The summed E-state index contributed by atoms with van der Waals surface area (Å²) in [5, 5.41) is 0. The van der Waals surface area contributed by atoms with Crippen molar-refractivity contribution >= 4 is 12.8 Å². The van der Waals surface area contributed by atoms with Crippen LogP contribution < -0.4 is 0 Å². The minimum atomic E-state index is 0.622. The Morgan fingerprint density at radius 1 is 1.00 bits per heavy atom. The summed E-state index contributed by atoms with van der Waals surface area (Å²) in [5.74, 6) is 0. The number of nitrogens with zero attached hydrogens (tertiary/aromatic N) is 1. The fourth-order valence-electron chi connectivity index (χ4n) is 2.27. The lowest BCUT2D eigenvalue weighted by molar-refractivity contribution is -0.00883. The second-order valence-electron chi connectivity index (χ2n) is 4.07. The summed E-state index contributed by atoms with van der Waals surface area (Å²) in [6.45, 7) is 4.27. The van der Waals surface area contributed by atoms with Crippen LogP contribution in [0.25, 0.3) is 0 Å². The average Bonchev–Trinajstić information content (AvgIpc) is 2.13. The molecule has 0 aromatic heterocycles. The predicted molar refractivity (Wildman–Crippen MR) is 52.3 cm³/mol. The molecule has 0 radical (unpaired) electrons. The molecule has 0 atom stereocenters. The van der Waals surface area contributed by atoms with Crippen LogP contribution in [0, 0.1) is 5.41 Å². The highest BCUT2D eigenvalue weighted by Gasteiger charge is 2.35. The van der Waals surface area contributed by atoms with E-state index < -0.39 is 0 Å². The fourth-order valence-corrected chi connectivity index (χ4v) is 2.47. The Labute approximate surface area is 79.8 Å². The first-order valence-corrected chi connectivity index (χ1v) is 5.22. The van der Waals surface area contributed by atoms with Crippen molar-refractivity contribution in [3.63, 3.8) is 0 Å². The highest BCUT2D eigenvalue weighted by atomic mass is 32.1. The number of ether oxygens (including phenoxy) is 1. The van der Waals surface area contributed by atoms with Gasteiger partial charge in [-0.25, -0.2) is 0 Å². The molecule has 2 nitrogen and oxygen atoms in total. The minimum Gasteiger partial charge on any atom is -0.381 e. The van der Waals surface area contributed by atoms with Gasteiger partial charge in [-0.05, 0) is 31.1 Å². The third-order valence-corrected chi connectivity index (χ3v) is 3.75. The van der Waals surface area contributed by atoms with Crippen LogP contribution in [0.5, 0.6) is 0 Å². The summed E-state index contributed by atoms with van der Waals surface area (Å²) >= 11 is 4.37. The average molecular weight is 187 g/mol. The molecule has 2 saturated heterocycles. The lowest BCUT2D eigenvalue weighted by Crippen LogP contribution is -2.39. The van der Waals surface area contributed by atoms with Crippen molar-refractivity contribution in [3.8, 4) is 0 Å². The first kappa shape index (κ1) is 8.85. The van der Waals surface area contributed by atoms with Gasteiger partial charge < -0.3 is 4.74 Å². The fraction of sp³-hybridized carbons (Fsp3) is 1.00. The topological polar surface area (TPSA) is 12.5 Å². The second-order valence-corrected chi connectivity index (χ2v) is 4.63. The van der Waals surface area contributed by atoms with E-state index >= 15 is 0 Å². The third kappa shape index (κ3) is 1.78. The summed E-state index contributed by atoms with van der Waals surface area (Å²) in [7, 11) is 0. The van der Waals surface area contributed by atoms with Crippen molar-refractivity contribution in [1.29, 1.82) is 0 Å². The largest absolute Gasteiger partial charge is 0.381 e. The van der Waals surface area contributed by atoms with E-state index in [-0.39, 0.29) is 0 Å². The molecule has 1 spiro atoms. The van der Waals surface area contributed by atoms with E-state index in [0.29, 0.717) is 5.41 Å². The Morgan fingerprint density at radius 2 is 1.58 bits per heavy atom. The first-order chi connectivity index (χ1) is 5.81. The van der Waals surface area contributed by atoms with Gasteiger partial charge in [-0.1, -0.05) is 12.8 Å². The molecule has 3 heteroatoms. The van der Waals surface area contributed by atoms with Crippen LogP contribution >= 0.6 is 12.8 Å². The van der Waals surface area contributed by atoms with E-state index in [9.17, 15) is 0 Å². The Morgan fingerprint density at radius 3 is 2.17 bits per heavy atom. The minimum absolute atomic E-state index is 0.622. The van der Waals surface area contributed by atoms with Gasteiger partial charge >= 0.3 is 0 Å². The van der Waals surface area contributed by atoms with Gasteiger partial charge in [0, 0.05) is 26.3 Å². The normalized spacial score (nSPS) is 30.8. The number of rotatable bonds is 0. The van der Waals surface area contributed by atoms with Gasteiger partial charge in [0.1, 0.15) is 0 Å². The molecule has 0 aliphatic carbocycles. The summed E-state index contributed by atoms with van der Waals surface area (Å²) in [4.78, 5) is 0. The van der Waals surface area contributed by atoms with Gasteiger partial charge in [0.15, 0.2) is 0 Å². The standard InChI is InChI=1S/C9H17NOS/c12-10-5-1-9(2-6-10)3-7-11-8-4-9/h12H,1-8H2. The van der Waals surface area contributed by atoms with Gasteiger partial charge in [0.2, 0.25) is 0 Å². The predicted octanol–water partition coefficient (Wildman–Crippen LogP) is 1.72. The molecule has 12 heavy (non-hydrogen) atoms. The molecule has 0 bridgehead atoms. The summed E-state index contributed by atoms with van der Waals surface area (Å²) in [6.07, 6.45) is 5.18. The molecule has 0 aromatic rings. The Bertz CT molecular complexity index is 147. The first-order valence-electron chi connectivity index (χ1n) is 4.82. The monoisotopic (exact) mass is 187 g/mol. The molecule has 2 rings (SSSR count). The summed E-state index contributed by atoms with van der Waals surface area (Å²) in [5.41, 5.74) is 0.622. The lowest BCUT2D eigenvalue weighted by Gasteiger charge is -2.42. The van der Waals surface area contributed by atoms with Crippen molar-refractivity contribution < 1.29 is 4.74 Å². The highest BCUT2D eigenvalue weighted by Crippen LogP contribution is 2.40. The number of hydrogen-bond acceptors (Lipinski definition) is 3. The molecule has 2 fully saturated rings. The van der Waals surface area contributed by atoms with Gasteiger partial charge in [-0.15, -0.1) is 0 Å². The molecule has 70 valence electrons. The van der Waals surface area contributed by atoms with Crippen molar-refractivity contribution in [2.45, 2.75) is 25.7 Å². The zero-order valence-corrected chi connectivity index (χ0v) is 8.35. The van der Waals surface area contributed by atoms with E-state index in [0.717, 1.165) is 26.3 Å². The van der Waals surface area contributed by atoms with Crippen molar-refractivity contribution in [3.05, 3.63) is 0 Å². The van der Waals surface area contributed by atoms with Gasteiger partial charge in [-0.2, -0.15) is 0 Å². The lowest BCUT2D eigenvalue weighted by atomic mass is 9.73. The maximum absolute atomic E-state index is 5.39. The van der Waals surface area contributed by atoms with E-state index in [2.05, 4.69) is 17.1 Å². The van der Waals surface area contributed by atoms with E-state index in [1.165, 1.54) is 25.7 Å². The molecular formula is C9H17NOS.